The molecule has 0 saturated carbocycles. The average Bonchev–Trinajstić information content (AvgIpc) is 2.68. The molecule has 6 heteroatoms. The maximum atomic E-state index is 13.0. The zero-order valence-corrected chi connectivity index (χ0v) is 14.7. The van der Waals surface area contributed by atoms with E-state index in [4.69, 9.17) is 0 Å². The first-order valence-electron chi connectivity index (χ1n) is 8.77. The standard InChI is InChI=1S/C20H22FN3O2/c1-2-19(25)24-13-11-23(12-14-24)18-6-4-3-5-17(18)22-20(26)15-7-9-16(21)10-8-15/h3-10H,2,11-14H2,1H3,(H,22,26). The Balaban J connectivity index is 1.72. The van der Waals surface area contributed by atoms with Crippen LogP contribution in [-0.2, 0) is 4.79 Å². The molecule has 0 aliphatic carbocycles. The molecule has 2 aromatic rings. The van der Waals surface area contributed by atoms with E-state index in [1.165, 1.54) is 24.3 Å². The molecule has 136 valence electrons. The van der Waals surface area contributed by atoms with Gasteiger partial charge in [0.1, 0.15) is 5.82 Å². The highest BCUT2D eigenvalue weighted by Crippen LogP contribution is 2.27. The highest BCUT2D eigenvalue weighted by atomic mass is 19.1. The van der Waals surface area contributed by atoms with Crippen molar-refractivity contribution < 1.29 is 14.0 Å². The van der Waals surface area contributed by atoms with E-state index in [-0.39, 0.29) is 17.6 Å². The summed E-state index contributed by atoms with van der Waals surface area (Å²) in [5, 5.41) is 2.91. The molecule has 0 spiro atoms. The smallest absolute Gasteiger partial charge is 0.255 e. The van der Waals surface area contributed by atoms with Gasteiger partial charge in [0.25, 0.3) is 5.91 Å². The fourth-order valence-electron chi connectivity index (χ4n) is 3.07. The first-order chi connectivity index (χ1) is 12.6. The molecule has 1 heterocycles. The Morgan fingerprint density at radius 1 is 1.00 bits per heavy atom. The molecule has 0 bridgehead atoms. The molecule has 0 atom stereocenters. The van der Waals surface area contributed by atoms with Crippen LogP contribution < -0.4 is 10.2 Å². The summed E-state index contributed by atoms with van der Waals surface area (Å²) in [5.41, 5.74) is 2.03. The number of piperazine rings is 1. The summed E-state index contributed by atoms with van der Waals surface area (Å²) in [5.74, 6) is -0.485. The molecule has 1 N–H and O–H groups in total. The highest BCUT2D eigenvalue weighted by molar-refractivity contribution is 6.05. The van der Waals surface area contributed by atoms with Crippen molar-refractivity contribution in [3.8, 4) is 0 Å². The fraction of sp³-hybridized carbons (Fsp3) is 0.300. The first kappa shape index (κ1) is 17.9. The molecule has 3 rings (SSSR count). The van der Waals surface area contributed by atoms with E-state index < -0.39 is 0 Å². The lowest BCUT2D eigenvalue weighted by molar-refractivity contribution is -0.131. The second-order valence-electron chi connectivity index (χ2n) is 6.20. The van der Waals surface area contributed by atoms with Crippen molar-refractivity contribution in [1.82, 2.24) is 4.90 Å². The average molecular weight is 355 g/mol. The quantitative estimate of drug-likeness (QED) is 0.917. The van der Waals surface area contributed by atoms with E-state index in [1.54, 1.807) is 0 Å². The Bertz CT molecular complexity index is 784. The fourth-order valence-corrected chi connectivity index (χ4v) is 3.07. The SMILES string of the molecule is CCC(=O)N1CCN(c2ccccc2NC(=O)c2ccc(F)cc2)CC1. The maximum Gasteiger partial charge on any atom is 0.255 e. The molecule has 1 aliphatic rings. The van der Waals surface area contributed by atoms with Crippen LogP contribution in [0.3, 0.4) is 0 Å². The molecule has 0 aromatic heterocycles. The van der Waals surface area contributed by atoms with Crippen LogP contribution in [0, 0.1) is 5.82 Å². The van der Waals surface area contributed by atoms with Crippen molar-refractivity contribution in [2.24, 2.45) is 0 Å². The van der Waals surface area contributed by atoms with E-state index in [2.05, 4.69) is 10.2 Å². The number of anilines is 2. The normalized spacial score (nSPS) is 14.2. The lowest BCUT2D eigenvalue weighted by Crippen LogP contribution is -2.48. The highest BCUT2D eigenvalue weighted by Gasteiger charge is 2.22. The van der Waals surface area contributed by atoms with Gasteiger partial charge in [-0.15, -0.1) is 0 Å². The minimum absolute atomic E-state index is 0.169. The number of nitrogens with one attached hydrogen (secondary N) is 1. The number of carbonyl (C=O) groups is 2. The molecule has 2 amide bonds. The van der Waals surface area contributed by atoms with Gasteiger partial charge >= 0.3 is 0 Å². The molecule has 5 nitrogen and oxygen atoms in total. The van der Waals surface area contributed by atoms with Crippen LogP contribution >= 0.6 is 0 Å². The molecule has 1 aliphatic heterocycles. The number of benzene rings is 2. The summed E-state index contributed by atoms with van der Waals surface area (Å²) in [6.07, 6.45) is 0.518. The van der Waals surface area contributed by atoms with Gasteiger partial charge in [0.2, 0.25) is 5.91 Å². The van der Waals surface area contributed by atoms with E-state index >= 15 is 0 Å². The Hall–Kier alpha value is -2.89. The van der Waals surface area contributed by atoms with E-state index in [0.717, 1.165) is 18.8 Å². The number of nitrogens with zero attached hydrogens (tertiary/aromatic N) is 2. The van der Waals surface area contributed by atoms with E-state index in [1.807, 2.05) is 36.1 Å². The zero-order chi connectivity index (χ0) is 18.5. The third kappa shape index (κ3) is 4.02. The molecule has 0 radical (unpaired) electrons. The number of para-hydroxylation sites is 2. The van der Waals surface area contributed by atoms with Crippen molar-refractivity contribution in [2.45, 2.75) is 13.3 Å². The van der Waals surface area contributed by atoms with Gasteiger partial charge in [0.15, 0.2) is 0 Å². The topological polar surface area (TPSA) is 52.7 Å². The zero-order valence-electron chi connectivity index (χ0n) is 14.7. The third-order valence-electron chi connectivity index (χ3n) is 4.53. The number of hydrogen-bond donors (Lipinski definition) is 1. The number of carbonyl (C=O) groups excluding carboxylic acids is 2. The number of hydrogen-bond acceptors (Lipinski definition) is 3. The van der Waals surface area contributed by atoms with Gasteiger partial charge in [0.05, 0.1) is 11.4 Å². The third-order valence-corrected chi connectivity index (χ3v) is 4.53. The van der Waals surface area contributed by atoms with Crippen LogP contribution in [0.2, 0.25) is 0 Å². The summed E-state index contributed by atoms with van der Waals surface area (Å²) in [6, 6.07) is 13.0. The second kappa shape index (κ2) is 7.99. The van der Waals surface area contributed by atoms with Crippen LogP contribution in [0.5, 0.6) is 0 Å². The monoisotopic (exact) mass is 355 g/mol. The molecule has 0 unspecified atom stereocenters. The molecular formula is C20H22FN3O2. The maximum absolute atomic E-state index is 13.0. The Labute approximate surface area is 152 Å². The summed E-state index contributed by atoms with van der Waals surface area (Å²) in [7, 11) is 0. The number of halogens is 1. The summed E-state index contributed by atoms with van der Waals surface area (Å²) in [6.45, 7) is 4.65. The van der Waals surface area contributed by atoms with Crippen LogP contribution in [-0.4, -0.2) is 42.9 Å². The summed E-state index contributed by atoms with van der Waals surface area (Å²) < 4.78 is 13.0. The Kier molecular flexibility index (Phi) is 5.51. The van der Waals surface area contributed by atoms with Gasteiger partial charge in [-0.25, -0.2) is 4.39 Å². The van der Waals surface area contributed by atoms with Crippen molar-refractivity contribution in [3.05, 3.63) is 59.9 Å². The predicted octanol–water partition coefficient (Wildman–Crippen LogP) is 3.14. The number of rotatable bonds is 4. The minimum atomic E-state index is -0.374. The van der Waals surface area contributed by atoms with Crippen LogP contribution in [0.4, 0.5) is 15.8 Å². The number of amides is 2. The van der Waals surface area contributed by atoms with Crippen LogP contribution in [0.25, 0.3) is 0 Å². The Morgan fingerprint density at radius 2 is 1.65 bits per heavy atom. The summed E-state index contributed by atoms with van der Waals surface area (Å²) >= 11 is 0. The van der Waals surface area contributed by atoms with Gasteiger partial charge in [-0.3, -0.25) is 9.59 Å². The van der Waals surface area contributed by atoms with Gasteiger partial charge in [-0.2, -0.15) is 0 Å². The van der Waals surface area contributed by atoms with Crippen LogP contribution in [0.15, 0.2) is 48.5 Å². The summed E-state index contributed by atoms with van der Waals surface area (Å²) in [4.78, 5) is 28.3. The van der Waals surface area contributed by atoms with Crippen LogP contribution in [0.1, 0.15) is 23.7 Å². The van der Waals surface area contributed by atoms with Crippen molar-refractivity contribution >= 4 is 23.2 Å². The molecule has 2 aromatic carbocycles. The van der Waals surface area contributed by atoms with E-state index in [0.29, 0.717) is 30.8 Å². The van der Waals surface area contributed by atoms with E-state index in [9.17, 15) is 14.0 Å². The van der Waals surface area contributed by atoms with Crippen molar-refractivity contribution in [2.75, 3.05) is 36.4 Å². The van der Waals surface area contributed by atoms with Crippen molar-refractivity contribution in [3.63, 3.8) is 0 Å². The lowest BCUT2D eigenvalue weighted by Gasteiger charge is -2.36. The molecule has 1 fully saturated rings. The predicted molar refractivity (Wildman–Crippen MR) is 99.9 cm³/mol. The molecule has 1 saturated heterocycles. The lowest BCUT2D eigenvalue weighted by atomic mass is 10.1. The Morgan fingerprint density at radius 3 is 2.31 bits per heavy atom. The van der Waals surface area contributed by atoms with Gasteiger partial charge in [-0.05, 0) is 36.4 Å². The largest absolute Gasteiger partial charge is 0.366 e. The molecular weight excluding hydrogens is 333 g/mol. The second-order valence-corrected chi connectivity index (χ2v) is 6.20. The minimum Gasteiger partial charge on any atom is -0.366 e. The molecule has 26 heavy (non-hydrogen) atoms. The van der Waals surface area contributed by atoms with Gasteiger partial charge < -0.3 is 15.1 Å². The van der Waals surface area contributed by atoms with Crippen molar-refractivity contribution in [1.29, 1.82) is 0 Å². The first-order valence-corrected chi connectivity index (χ1v) is 8.77. The van der Waals surface area contributed by atoms with Gasteiger partial charge in [-0.1, -0.05) is 19.1 Å². The van der Waals surface area contributed by atoms with Gasteiger partial charge in [0, 0.05) is 38.2 Å².